The molecule has 0 spiro atoms. The third-order valence-corrected chi connectivity index (χ3v) is 3.47. The summed E-state index contributed by atoms with van der Waals surface area (Å²) in [5, 5.41) is 2.98. The molecule has 3 nitrogen and oxygen atoms in total. The van der Waals surface area contributed by atoms with Crippen LogP contribution in [-0.4, -0.2) is 16.9 Å². The maximum Gasteiger partial charge on any atom is 0.233 e. The van der Waals surface area contributed by atoms with E-state index in [1.54, 1.807) is 0 Å². The molecule has 2 fully saturated rings. The predicted octanol–water partition coefficient (Wildman–Crippen LogP) is 0.577. The van der Waals surface area contributed by atoms with E-state index in [2.05, 4.69) is 12.2 Å². The van der Waals surface area contributed by atoms with Crippen LogP contribution in [0, 0.1) is 11.3 Å². The molecule has 0 heterocycles. The molecule has 2 saturated carbocycles. The summed E-state index contributed by atoms with van der Waals surface area (Å²) in [4.78, 5) is 12.0. The molecule has 1 amide bonds. The van der Waals surface area contributed by atoms with Crippen LogP contribution in [0.25, 0.3) is 0 Å². The van der Waals surface area contributed by atoms with E-state index in [0.29, 0.717) is 16.9 Å². The van der Waals surface area contributed by atoms with E-state index in [1.165, 1.54) is 0 Å². The summed E-state index contributed by atoms with van der Waals surface area (Å²) in [6.07, 6.45) is 2.75. The fourth-order valence-electron chi connectivity index (χ4n) is 1.54. The summed E-state index contributed by atoms with van der Waals surface area (Å²) in [5.74, 6) is 0.681. The second-order valence-corrected chi connectivity index (χ2v) is 4.68. The lowest BCUT2D eigenvalue weighted by Crippen LogP contribution is -2.40. The zero-order valence-electron chi connectivity index (χ0n) is 7.67. The van der Waals surface area contributed by atoms with E-state index < -0.39 is 5.41 Å². The van der Waals surface area contributed by atoms with Crippen LogP contribution in [0.2, 0.25) is 0 Å². The molecule has 0 radical (unpaired) electrons. The van der Waals surface area contributed by atoms with Crippen molar-refractivity contribution < 1.29 is 4.79 Å². The van der Waals surface area contributed by atoms with E-state index in [-0.39, 0.29) is 5.91 Å². The van der Waals surface area contributed by atoms with Gasteiger partial charge in [-0.25, -0.2) is 0 Å². The molecule has 0 aromatic carbocycles. The highest BCUT2D eigenvalue weighted by Crippen LogP contribution is 2.47. The summed E-state index contributed by atoms with van der Waals surface area (Å²) in [6.45, 7) is 2.13. The van der Waals surface area contributed by atoms with Gasteiger partial charge in [0.1, 0.15) is 0 Å². The molecule has 0 aromatic heterocycles. The van der Waals surface area contributed by atoms with Crippen LogP contribution >= 0.6 is 12.2 Å². The summed E-state index contributed by atoms with van der Waals surface area (Å²) >= 11 is 4.89. The lowest BCUT2D eigenvalue weighted by atomic mass is 10.1. The molecule has 2 aliphatic carbocycles. The molecule has 0 saturated heterocycles. The first-order valence-corrected chi connectivity index (χ1v) is 5.08. The Labute approximate surface area is 83.1 Å². The first kappa shape index (κ1) is 8.94. The predicted molar refractivity (Wildman–Crippen MR) is 54.2 cm³/mol. The number of hydrogen-bond acceptors (Lipinski definition) is 2. The summed E-state index contributed by atoms with van der Waals surface area (Å²) in [5.41, 5.74) is 5.06. The largest absolute Gasteiger partial charge is 0.392 e. The van der Waals surface area contributed by atoms with Gasteiger partial charge in [0, 0.05) is 6.04 Å². The smallest absolute Gasteiger partial charge is 0.233 e. The van der Waals surface area contributed by atoms with E-state index in [1.807, 2.05) is 0 Å². The molecule has 72 valence electrons. The second-order valence-electron chi connectivity index (χ2n) is 4.24. The highest BCUT2D eigenvalue weighted by atomic mass is 32.1. The van der Waals surface area contributed by atoms with Crippen molar-refractivity contribution in [1.29, 1.82) is 0 Å². The lowest BCUT2D eigenvalue weighted by molar-refractivity contribution is -0.124. The number of rotatable bonds is 3. The molecule has 2 rings (SSSR count). The highest BCUT2D eigenvalue weighted by molar-refractivity contribution is 7.80. The number of nitrogens with one attached hydrogen (secondary N) is 1. The maximum atomic E-state index is 11.7. The van der Waals surface area contributed by atoms with Crippen molar-refractivity contribution >= 4 is 23.1 Å². The Kier molecular flexibility index (Phi) is 1.84. The Hall–Kier alpha value is -0.640. The topological polar surface area (TPSA) is 55.1 Å². The quantitative estimate of drug-likeness (QED) is 0.652. The number of amides is 1. The number of hydrogen-bond donors (Lipinski definition) is 2. The number of carbonyl (C=O) groups excluding carboxylic acids is 1. The molecule has 2 atom stereocenters. The van der Waals surface area contributed by atoms with E-state index in [4.69, 9.17) is 18.0 Å². The first-order valence-electron chi connectivity index (χ1n) is 4.67. The average molecular weight is 198 g/mol. The minimum Gasteiger partial charge on any atom is -0.392 e. The maximum absolute atomic E-state index is 11.7. The fourth-order valence-corrected chi connectivity index (χ4v) is 1.84. The molecule has 0 aliphatic heterocycles. The van der Waals surface area contributed by atoms with Gasteiger partial charge in [-0.2, -0.15) is 0 Å². The lowest BCUT2D eigenvalue weighted by Gasteiger charge is -2.12. The molecule has 4 heteroatoms. The van der Waals surface area contributed by atoms with Crippen molar-refractivity contribution in [3.05, 3.63) is 0 Å². The molecule has 0 bridgehead atoms. The minimum atomic E-state index is -0.475. The molecular weight excluding hydrogens is 184 g/mol. The van der Waals surface area contributed by atoms with Crippen molar-refractivity contribution in [2.24, 2.45) is 17.1 Å². The van der Waals surface area contributed by atoms with Crippen LogP contribution in [0.5, 0.6) is 0 Å². The molecule has 0 aromatic rings. The average Bonchev–Trinajstić information content (AvgIpc) is 2.87. The van der Waals surface area contributed by atoms with Crippen LogP contribution in [0.4, 0.5) is 0 Å². The SMILES string of the molecule is CC1CC1NC(=O)C1(C(N)=S)CC1. The molecular formula is C9H14N2OS. The Morgan fingerprint density at radius 2 is 2.15 bits per heavy atom. The summed E-state index contributed by atoms with van der Waals surface area (Å²) in [7, 11) is 0. The first-order chi connectivity index (χ1) is 6.06. The van der Waals surface area contributed by atoms with E-state index >= 15 is 0 Å². The van der Waals surface area contributed by atoms with Gasteiger partial charge in [0.25, 0.3) is 0 Å². The van der Waals surface area contributed by atoms with Gasteiger partial charge in [-0.3, -0.25) is 4.79 Å². The summed E-state index contributed by atoms with van der Waals surface area (Å²) in [6, 6.07) is 0.374. The van der Waals surface area contributed by atoms with Gasteiger partial charge in [0.2, 0.25) is 5.91 Å². The van der Waals surface area contributed by atoms with Crippen LogP contribution in [0.1, 0.15) is 26.2 Å². The molecule has 2 unspecified atom stereocenters. The van der Waals surface area contributed by atoms with E-state index in [9.17, 15) is 4.79 Å². The Morgan fingerprint density at radius 1 is 1.62 bits per heavy atom. The minimum absolute atomic E-state index is 0.0503. The second kappa shape index (κ2) is 2.67. The van der Waals surface area contributed by atoms with Crippen molar-refractivity contribution in [3.63, 3.8) is 0 Å². The van der Waals surface area contributed by atoms with Crippen LogP contribution in [-0.2, 0) is 4.79 Å². The van der Waals surface area contributed by atoms with Crippen molar-refractivity contribution in [3.8, 4) is 0 Å². The highest BCUT2D eigenvalue weighted by Gasteiger charge is 2.54. The van der Waals surface area contributed by atoms with Crippen LogP contribution < -0.4 is 11.1 Å². The Bertz CT molecular complexity index is 273. The third-order valence-electron chi connectivity index (χ3n) is 3.08. The fraction of sp³-hybridized carbons (Fsp3) is 0.778. The molecule has 13 heavy (non-hydrogen) atoms. The van der Waals surface area contributed by atoms with Crippen LogP contribution in [0.3, 0.4) is 0 Å². The van der Waals surface area contributed by atoms with Crippen molar-refractivity contribution in [2.75, 3.05) is 0 Å². The van der Waals surface area contributed by atoms with Crippen LogP contribution in [0.15, 0.2) is 0 Å². The van der Waals surface area contributed by atoms with Gasteiger partial charge in [0.05, 0.1) is 10.4 Å². The van der Waals surface area contributed by atoms with E-state index in [0.717, 1.165) is 19.3 Å². The molecule has 2 aliphatic rings. The van der Waals surface area contributed by atoms with Gasteiger partial charge in [-0.1, -0.05) is 19.1 Å². The standard InChI is InChI=1S/C9H14N2OS/c1-5-4-6(5)11-8(12)9(2-3-9)7(10)13/h5-6H,2-4H2,1H3,(H2,10,13)(H,11,12). The third kappa shape index (κ3) is 1.43. The van der Waals surface area contributed by atoms with Crippen molar-refractivity contribution in [2.45, 2.75) is 32.2 Å². The van der Waals surface area contributed by atoms with Gasteiger partial charge < -0.3 is 11.1 Å². The van der Waals surface area contributed by atoms with Gasteiger partial charge in [0.15, 0.2) is 0 Å². The molecule has 3 N–H and O–H groups in total. The summed E-state index contributed by atoms with van der Waals surface area (Å²) < 4.78 is 0. The number of thiocarbonyl (C=S) groups is 1. The van der Waals surface area contributed by atoms with Gasteiger partial charge >= 0.3 is 0 Å². The van der Waals surface area contributed by atoms with Crippen molar-refractivity contribution in [1.82, 2.24) is 5.32 Å². The normalized spacial score (nSPS) is 33.6. The van der Waals surface area contributed by atoms with Gasteiger partial charge in [-0.15, -0.1) is 0 Å². The Morgan fingerprint density at radius 3 is 2.46 bits per heavy atom. The Balaban J connectivity index is 1.93. The van der Waals surface area contributed by atoms with Gasteiger partial charge in [-0.05, 0) is 25.2 Å². The zero-order valence-corrected chi connectivity index (χ0v) is 8.49. The zero-order chi connectivity index (χ0) is 9.64. The number of nitrogens with two attached hydrogens (primary N) is 1. The number of carbonyl (C=O) groups is 1. The monoisotopic (exact) mass is 198 g/mol.